The molecule has 1 aliphatic heterocycles. The van der Waals surface area contributed by atoms with Gasteiger partial charge in [-0.05, 0) is 45.7 Å². The lowest BCUT2D eigenvalue weighted by molar-refractivity contribution is 0.266. The first kappa shape index (κ1) is 12.3. The Bertz CT molecular complexity index is 364. The Hall–Kier alpha value is -1.16. The zero-order valence-electron chi connectivity index (χ0n) is 11.0. The number of hydrogen-bond acceptors (Lipinski definition) is 4. The van der Waals surface area contributed by atoms with Gasteiger partial charge in [0.2, 0.25) is 5.95 Å². The lowest BCUT2D eigenvalue weighted by Crippen LogP contribution is -2.29. The molecule has 0 saturated carbocycles. The Morgan fingerprint density at radius 2 is 2.35 bits per heavy atom. The number of likely N-dealkylation sites (tertiary alicyclic amines) is 1. The molecular weight excluding hydrogens is 212 g/mol. The fourth-order valence-corrected chi connectivity index (χ4v) is 2.27. The summed E-state index contributed by atoms with van der Waals surface area (Å²) in [5.74, 6) is 1.48. The number of aromatic nitrogens is 2. The number of rotatable bonds is 4. The minimum absolute atomic E-state index is 0.662. The molecule has 94 valence electrons. The molecule has 2 rings (SSSR count). The van der Waals surface area contributed by atoms with E-state index in [0.717, 1.165) is 24.1 Å². The van der Waals surface area contributed by atoms with Crippen molar-refractivity contribution < 1.29 is 0 Å². The molecule has 0 amide bonds. The van der Waals surface area contributed by atoms with E-state index >= 15 is 0 Å². The van der Waals surface area contributed by atoms with Crippen LogP contribution in [0.2, 0.25) is 0 Å². The number of nitrogens with zero attached hydrogens (tertiary/aromatic N) is 3. The summed E-state index contributed by atoms with van der Waals surface area (Å²) in [4.78, 5) is 11.1. The van der Waals surface area contributed by atoms with Gasteiger partial charge in [0.15, 0.2) is 0 Å². The van der Waals surface area contributed by atoms with Gasteiger partial charge in [-0.25, -0.2) is 9.97 Å². The zero-order valence-corrected chi connectivity index (χ0v) is 11.0. The van der Waals surface area contributed by atoms with Crippen LogP contribution in [0, 0.1) is 12.8 Å². The van der Waals surface area contributed by atoms with Crippen LogP contribution < -0.4 is 5.32 Å². The van der Waals surface area contributed by atoms with E-state index in [0.29, 0.717) is 6.04 Å². The van der Waals surface area contributed by atoms with Crippen LogP contribution in [-0.4, -0.2) is 40.5 Å². The van der Waals surface area contributed by atoms with E-state index in [9.17, 15) is 0 Å². The molecule has 0 bridgehead atoms. The second-order valence-electron chi connectivity index (χ2n) is 5.15. The van der Waals surface area contributed by atoms with Crippen molar-refractivity contribution in [1.82, 2.24) is 14.9 Å². The minimum atomic E-state index is 0.662. The fraction of sp³-hybridized carbons (Fsp3) is 0.692. The highest BCUT2D eigenvalue weighted by molar-refractivity contribution is 5.24. The molecule has 0 spiro atoms. The van der Waals surface area contributed by atoms with Crippen LogP contribution in [0.4, 0.5) is 5.95 Å². The standard InChI is InChI=1S/C13H22N4/c1-10(2)17-7-5-12(9-17)8-15-13-14-6-4-11(3)16-13/h4,6,10,12H,5,7-9H2,1-3H3,(H,14,15,16). The molecular formula is C13H22N4. The van der Waals surface area contributed by atoms with Gasteiger partial charge in [0.25, 0.3) is 0 Å². The summed E-state index contributed by atoms with van der Waals surface area (Å²) in [6.45, 7) is 9.91. The molecule has 1 unspecified atom stereocenters. The van der Waals surface area contributed by atoms with E-state index in [1.165, 1.54) is 19.5 Å². The van der Waals surface area contributed by atoms with Crippen LogP contribution in [0.15, 0.2) is 12.3 Å². The van der Waals surface area contributed by atoms with Crippen LogP contribution in [0.25, 0.3) is 0 Å². The molecule has 17 heavy (non-hydrogen) atoms. The predicted octanol–water partition coefficient (Wildman–Crippen LogP) is 1.93. The van der Waals surface area contributed by atoms with Gasteiger partial charge in [-0.3, -0.25) is 0 Å². The molecule has 0 radical (unpaired) electrons. The molecule has 0 aromatic carbocycles. The van der Waals surface area contributed by atoms with Gasteiger partial charge in [-0.1, -0.05) is 0 Å². The molecule has 1 aromatic heterocycles. The van der Waals surface area contributed by atoms with Crippen LogP contribution in [0.1, 0.15) is 26.0 Å². The van der Waals surface area contributed by atoms with E-state index in [1.54, 1.807) is 6.20 Å². The molecule has 0 aliphatic carbocycles. The van der Waals surface area contributed by atoms with Crippen molar-refractivity contribution in [2.75, 3.05) is 25.0 Å². The molecule has 2 heterocycles. The maximum atomic E-state index is 4.35. The summed E-state index contributed by atoms with van der Waals surface area (Å²) in [7, 11) is 0. The predicted molar refractivity (Wildman–Crippen MR) is 70.1 cm³/mol. The van der Waals surface area contributed by atoms with Crippen molar-refractivity contribution in [3.05, 3.63) is 18.0 Å². The van der Waals surface area contributed by atoms with E-state index < -0.39 is 0 Å². The number of aryl methyl sites for hydroxylation is 1. The van der Waals surface area contributed by atoms with E-state index in [1.807, 2.05) is 13.0 Å². The summed E-state index contributed by atoms with van der Waals surface area (Å²) >= 11 is 0. The van der Waals surface area contributed by atoms with Gasteiger partial charge in [0.05, 0.1) is 0 Å². The van der Waals surface area contributed by atoms with Gasteiger partial charge in [0.1, 0.15) is 0 Å². The summed E-state index contributed by atoms with van der Waals surface area (Å²) in [6.07, 6.45) is 3.08. The molecule has 1 aliphatic rings. The number of hydrogen-bond donors (Lipinski definition) is 1. The van der Waals surface area contributed by atoms with Crippen molar-refractivity contribution in [2.24, 2.45) is 5.92 Å². The lowest BCUT2D eigenvalue weighted by Gasteiger charge is -2.20. The van der Waals surface area contributed by atoms with Crippen molar-refractivity contribution >= 4 is 5.95 Å². The van der Waals surface area contributed by atoms with E-state index in [4.69, 9.17) is 0 Å². The third kappa shape index (κ3) is 3.40. The molecule has 1 atom stereocenters. The second-order valence-corrected chi connectivity index (χ2v) is 5.15. The first-order chi connectivity index (χ1) is 8.15. The van der Waals surface area contributed by atoms with Crippen molar-refractivity contribution in [1.29, 1.82) is 0 Å². The zero-order chi connectivity index (χ0) is 12.3. The number of nitrogens with one attached hydrogen (secondary N) is 1. The summed E-state index contributed by atoms with van der Waals surface area (Å²) in [5, 5.41) is 3.34. The monoisotopic (exact) mass is 234 g/mol. The first-order valence-electron chi connectivity index (χ1n) is 6.42. The molecule has 1 N–H and O–H groups in total. The smallest absolute Gasteiger partial charge is 0.222 e. The second kappa shape index (κ2) is 5.45. The normalized spacial score (nSPS) is 21.1. The molecule has 4 heteroatoms. The quantitative estimate of drug-likeness (QED) is 0.864. The van der Waals surface area contributed by atoms with Crippen molar-refractivity contribution in [2.45, 2.75) is 33.2 Å². The van der Waals surface area contributed by atoms with Gasteiger partial charge >= 0.3 is 0 Å². The largest absolute Gasteiger partial charge is 0.354 e. The van der Waals surface area contributed by atoms with Gasteiger partial charge < -0.3 is 10.2 Å². The molecule has 1 fully saturated rings. The number of anilines is 1. The minimum Gasteiger partial charge on any atom is -0.354 e. The average Bonchev–Trinajstić information content (AvgIpc) is 2.75. The lowest BCUT2D eigenvalue weighted by atomic mass is 10.1. The molecule has 1 saturated heterocycles. The molecule has 4 nitrogen and oxygen atoms in total. The van der Waals surface area contributed by atoms with Crippen LogP contribution in [0.3, 0.4) is 0 Å². The highest BCUT2D eigenvalue weighted by Crippen LogP contribution is 2.18. The maximum Gasteiger partial charge on any atom is 0.222 e. The Balaban J connectivity index is 1.80. The Morgan fingerprint density at radius 3 is 3.00 bits per heavy atom. The third-order valence-corrected chi connectivity index (χ3v) is 3.39. The van der Waals surface area contributed by atoms with E-state index in [2.05, 4.69) is 34.0 Å². The van der Waals surface area contributed by atoms with Gasteiger partial charge in [-0.2, -0.15) is 0 Å². The van der Waals surface area contributed by atoms with Crippen molar-refractivity contribution in [3.63, 3.8) is 0 Å². The average molecular weight is 234 g/mol. The van der Waals surface area contributed by atoms with Gasteiger partial charge in [-0.15, -0.1) is 0 Å². The van der Waals surface area contributed by atoms with Gasteiger partial charge in [0, 0.05) is 31.0 Å². The fourth-order valence-electron chi connectivity index (χ4n) is 2.27. The Labute approximate surface area is 103 Å². The third-order valence-electron chi connectivity index (χ3n) is 3.39. The Morgan fingerprint density at radius 1 is 1.53 bits per heavy atom. The first-order valence-corrected chi connectivity index (χ1v) is 6.42. The maximum absolute atomic E-state index is 4.35. The summed E-state index contributed by atoms with van der Waals surface area (Å²) in [5.41, 5.74) is 1.01. The SMILES string of the molecule is Cc1ccnc(NCC2CCN(C(C)C)C2)n1. The molecule has 1 aromatic rings. The highest BCUT2D eigenvalue weighted by atomic mass is 15.2. The van der Waals surface area contributed by atoms with Crippen LogP contribution in [-0.2, 0) is 0 Å². The summed E-state index contributed by atoms with van der Waals surface area (Å²) < 4.78 is 0. The van der Waals surface area contributed by atoms with Crippen LogP contribution >= 0.6 is 0 Å². The topological polar surface area (TPSA) is 41.1 Å². The highest BCUT2D eigenvalue weighted by Gasteiger charge is 2.23. The van der Waals surface area contributed by atoms with E-state index in [-0.39, 0.29) is 0 Å². The van der Waals surface area contributed by atoms with Crippen LogP contribution in [0.5, 0.6) is 0 Å². The summed E-state index contributed by atoms with van der Waals surface area (Å²) in [6, 6.07) is 2.58. The van der Waals surface area contributed by atoms with Crippen molar-refractivity contribution in [3.8, 4) is 0 Å². The Kier molecular flexibility index (Phi) is 3.94.